The zero-order valence-electron chi connectivity index (χ0n) is 13.8. The summed E-state index contributed by atoms with van der Waals surface area (Å²) < 4.78 is 5.61. The summed E-state index contributed by atoms with van der Waals surface area (Å²) in [5.74, 6) is 0.439. The fraction of sp³-hybridized carbons (Fsp3) is 0.588. The molecule has 1 aliphatic rings. The van der Waals surface area contributed by atoms with E-state index < -0.39 is 0 Å². The maximum Gasteiger partial charge on any atom is 0.322 e. The molecule has 5 heteroatoms. The summed E-state index contributed by atoms with van der Waals surface area (Å²) in [7, 11) is 0. The van der Waals surface area contributed by atoms with Crippen molar-refractivity contribution in [1.29, 1.82) is 0 Å². The van der Waals surface area contributed by atoms with E-state index in [1.807, 2.05) is 6.07 Å². The van der Waals surface area contributed by atoms with Gasteiger partial charge in [0.25, 0.3) is 0 Å². The molecule has 0 saturated carbocycles. The maximum atomic E-state index is 12.4. The van der Waals surface area contributed by atoms with Crippen molar-refractivity contribution in [1.82, 2.24) is 4.90 Å². The summed E-state index contributed by atoms with van der Waals surface area (Å²) in [6.45, 7) is 8.79. The van der Waals surface area contributed by atoms with Gasteiger partial charge in [0.1, 0.15) is 0 Å². The molecule has 2 rings (SSSR count). The van der Waals surface area contributed by atoms with Crippen LogP contribution in [-0.4, -0.2) is 43.3 Å². The molecule has 3 N–H and O–H groups in total. The smallest absolute Gasteiger partial charge is 0.322 e. The maximum absolute atomic E-state index is 12.4. The van der Waals surface area contributed by atoms with E-state index in [4.69, 9.17) is 10.5 Å². The average molecular weight is 305 g/mol. The third-order valence-electron chi connectivity index (χ3n) is 4.07. The number of aryl methyl sites for hydroxylation is 1. The highest BCUT2D eigenvalue weighted by Gasteiger charge is 2.23. The Morgan fingerprint density at radius 1 is 1.50 bits per heavy atom. The molecule has 1 aliphatic heterocycles. The van der Waals surface area contributed by atoms with E-state index in [1.54, 1.807) is 4.90 Å². The first kappa shape index (κ1) is 16.8. The first-order valence-corrected chi connectivity index (χ1v) is 7.99. The molecule has 0 radical (unpaired) electrons. The van der Waals surface area contributed by atoms with Gasteiger partial charge in [-0.1, -0.05) is 19.9 Å². The van der Waals surface area contributed by atoms with Crippen LogP contribution in [0.15, 0.2) is 18.2 Å². The number of carbonyl (C=O) groups is 1. The molecule has 122 valence electrons. The number of carbonyl (C=O) groups excluding carboxylic acids is 1. The lowest BCUT2D eigenvalue weighted by molar-refractivity contribution is -0.0146. The number of amides is 2. The topological polar surface area (TPSA) is 67.6 Å². The third kappa shape index (κ3) is 4.21. The van der Waals surface area contributed by atoms with Crippen LogP contribution in [0.2, 0.25) is 0 Å². The van der Waals surface area contributed by atoms with E-state index in [0.29, 0.717) is 32.2 Å². The quantitative estimate of drug-likeness (QED) is 0.898. The molecule has 5 nitrogen and oxygen atoms in total. The molecule has 1 saturated heterocycles. The third-order valence-corrected chi connectivity index (χ3v) is 4.07. The molecule has 22 heavy (non-hydrogen) atoms. The summed E-state index contributed by atoms with van der Waals surface area (Å²) >= 11 is 0. The normalized spacial score (nSPS) is 18.6. The van der Waals surface area contributed by atoms with E-state index >= 15 is 0 Å². The van der Waals surface area contributed by atoms with Crippen molar-refractivity contribution in [3.05, 3.63) is 29.3 Å². The van der Waals surface area contributed by atoms with Crippen LogP contribution in [0.4, 0.5) is 10.5 Å². The van der Waals surface area contributed by atoms with Gasteiger partial charge in [0, 0.05) is 18.8 Å². The van der Waals surface area contributed by atoms with Crippen LogP contribution < -0.4 is 11.1 Å². The van der Waals surface area contributed by atoms with Crippen molar-refractivity contribution in [2.75, 3.05) is 31.6 Å². The molecular formula is C17H27N3O2. The van der Waals surface area contributed by atoms with Gasteiger partial charge in [-0.3, -0.25) is 0 Å². The van der Waals surface area contributed by atoms with Crippen LogP contribution in [0, 0.1) is 6.92 Å². The molecule has 0 aromatic heterocycles. The number of urea groups is 1. The second-order valence-corrected chi connectivity index (χ2v) is 6.17. The summed E-state index contributed by atoms with van der Waals surface area (Å²) in [5, 5.41) is 3.00. The number of nitrogens with one attached hydrogen (secondary N) is 1. The number of anilines is 1. The molecule has 0 spiro atoms. The van der Waals surface area contributed by atoms with Crippen molar-refractivity contribution >= 4 is 11.7 Å². The Hall–Kier alpha value is -1.59. The van der Waals surface area contributed by atoms with Crippen LogP contribution in [0.5, 0.6) is 0 Å². The molecule has 1 atom stereocenters. The predicted octanol–water partition coefficient (Wildman–Crippen LogP) is 2.70. The molecule has 1 aromatic rings. The molecule has 0 aliphatic carbocycles. The average Bonchev–Trinajstić information content (AvgIpc) is 2.49. The Kier molecular flexibility index (Phi) is 5.80. The number of nitrogens with zero attached hydrogens (tertiary/aromatic N) is 1. The van der Waals surface area contributed by atoms with Gasteiger partial charge in [-0.2, -0.15) is 0 Å². The van der Waals surface area contributed by atoms with Gasteiger partial charge in [-0.25, -0.2) is 4.79 Å². The first-order chi connectivity index (χ1) is 10.5. The van der Waals surface area contributed by atoms with Crippen molar-refractivity contribution in [2.45, 2.75) is 39.2 Å². The van der Waals surface area contributed by atoms with E-state index in [2.05, 4.69) is 38.2 Å². The zero-order chi connectivity index (χ0) is 16.1. The Bertz CT molecular complexity index is 515. The standard InChI is InChI=1S/C17H27N3O2/c1-12(2)16-10-14(5-4-13(16)3)19-17(21)20-8-9-22-15(11-20)6-7-18/h4-5,10,12,15H,6-9,11,18H2,1-3H3,(H,19,21). The first-order valence-electron chi connectivity index (χ1n) is 7.99. The van der Waals surface area contributed by atoms with Gasteiger partial charge >= 0.3 is 6.03 Å². The predicted molar refractivity (Wildman–Crippen MR) is 89.3 cm³/mol. The minimum absolute atomic E-state index is 0.0498. The van der Waals surface area contributed by atoms with Crippen LogP contribution in [-0.2, 0) is 4.74 Å². The molecular weight excluding hydrogens is 278 g/mol. The molecule has 0 bridgehead atoms. The second kappa shape index (κ2) is 7.61. The van der Waals surface area contributed by atoms with Crippen molar-refractivity contribution < 1.29 is 9.53 Å². The number of morpholine rings is 1. The molecule has 1 heterocycles. The van der Waals surface area contributed by atoms with Gasteiger partial charge in [-0.15, -0.1) is 0 Å². The van der Waals surface area contributed by atoms with Gasteiger partial charge in [0.2, 0.25) is 0 Å². The van der Waals surface area contributed by atoms with Gasteiger partial charge < -0.3 is 20.7 Å². The van der Waals surface area contributed by atoms with Crippen molar-refractivity contribution in [3.8, 4) is 0 Å². The minimum Gasteiger partial charge on any atom is -0.374 e. The summed E-state index contributed by atoms with van der Waals surface area (Å²) in [6.07, 6.45) is 0.833. The van der Waals surface area contributed by atoms with Gasteiger partial charge in [0.15, 0.2) is 0 Å². The van der Waals surface area contributed by atoms with E-state index in [0.717, 1.165) is 12.1 Å². The number of rotatable bonds is 4. The Morgan fingerprint density at radius 3 is 2.95 bits per heavy atom. The molecule has 1 unspecified atom stereocenters. The summed E-state index contributed by atoms with van der Waals surface area (Å²) in [4.78, 5) is 14.2. The van der Waals surface area contributed by atoms with E-state index in [9.17, 15) is 4.79 Å². The number of hydrogen-bond donors (Lipinski definition) is 2. The summed E-state index contributed by atoms with van der Waals surface area (Å²) in [5.41, 5.74) is 8.93. The lowest BCUT2D eigenvalue weighted by atomic mass is 9.97. The Labute approximate surface area is 132 Å². The zero-order valence-corrected chi connectivity index (χ0v) is 13.8. The van der Waals surface area contributed by atoms with Gasteiger partial charge in [-0.05, 0) is 49.1 Å². The number of nitrogens with two attached hydrogens (primary N) is 1. The van der Waals surface area contributed by atoms with E-state index in [1.165, 1.54) is 11.1 Å². The van der Waals surface area contributed by atoms with Crippen LogP contribution >= 0.6 is 0 Å². The fourth-order valence-electron chi connectivity index (χ4n) is 2.81. The number of benzene rings is 1. The van der Waals surface area contributed by atoms with Gasteiger partial charge in [0.05, 0.1) is 12.7 Å². The lowest BCUT2D eigenvalue weighted by Gasteiger charge is -2.32. The number of ether oxygens (including phenoxy) is 1. The minimum atomic E-state index is -0.0659. The Balaban J connectivity index is 2.01. The lowest BCUT2D eigenvalue weighted by Crippen LogP contribution is -2.47. The number of hydrogen-bond acceptors (Lipinski definition) is 3. The van der Waals surface area contributed by atoms with Crippen LogP contribution in [0.1, 0.15) is 37.3 Å². The SMILES string of the molecule is Cc1ccc(NC(=O)N2CCOC(CCN)C2)cc1C(C)C. The van der Waals surface area contributed by atoms with Crippen LogP contribution in [0.3, 0.4) is 0 Å². The van der Waals surface area contributed by atoms with Crippen molar-refractivity contribution in [3.63, 3.8) is 0 Å². The fourth-order valence-corrected chi connectivity index (χ4v) is 2.81. The monoisotopic (exact) mass is 305 g/mol. The largest absolute Gasteiger partial charge is 0.374 e. The molecule has 2 amide bonds. The molecule has 1 fully saturated rings. The highest BCUT2D eigenvalue weighted by molar-refractivity contribution is 5.89. The van der Waals surface area contributed by atoms with E-state index in [-0.39, 0.29) is 12.1 Å². The van der Waals surface area contributed by atoms with Crippen molar-refractivity contribution in [2.24, 2.45) is 5.73 Å². The highest BCUT2D eigenvalue weighted by Crippen LogP contribution is 2.23. The molecule has 1 aromatic carbocycles. The highest BCUT2D eigenvalue weighted by atomic mass is 16.5. The Morgan fingerprint density at radius 2 is 2.27 bits per heavy atom. The second-order valence-electron chi connectivity index (χ2n) is 6.17. The van der Waals surface area contributed by atoms with Crippen LogP contribution in [0.25, 0.3) is 0 Å². The summed E-state index contributed by atoms with van der Waals surface area (Å²) in [6, 6.07) is 6.01.